The van der Waals surface area contributed by atoms with Gasteiger partial charge in [0.1, 0.15) is 11.6 Å². The molecule has 2 aromatic carbocycles. The molecule has 4 heteroatoms. The summed E-state index contributed by atoms with van der Waals surface area (Å²) in [5, 5.41) is 3.91. The summed E-state index contributed by atoms with van der Waals surface area (Å²) in [5.41, 5.74) is 2.73. The van der Waals surface area contributed by atoms with Gasteiger partial charge in [-0.25, -0.2) is 4.39 Å². The number of allylic oxidation sites excluding steroid dienone is 1. The maximum absolute atomic E-state index is 13.3. The largest absolute Gasteiger partial charge is 0.497 e. The van der Waals surface area contributed by atoms with Gasteiger partial charge in [0.05, 0.1) is 7.11 Å². The molecule has 1 N–H and O–H groups in total. The van der Waals surface area contributed by atoms with Crippen LogP contribution in [0.25, 0.3) is 6.08 Å². The molecule has 0 heterocycles. The number of anilines is 1. The average Bonchev–Trinajstić information content (AvgIpc) is 2.46. The van der Waals surface area contributed by atoms with Gasteiger partial charge in [-0.1, -0.05) is 17.7 Å². The summed E-state index contributed by atoms with van der Waals surface area (Å²) in [6, 6.07) is 12.3. The van der Waals surface area contributed by atoms with E-state index in [0.717, 1.165) is 22.6 Å². The van der Waals surface area contributed by atoms with E-state index in [-0.39, 0.29) is 5.82 Å². The quantitative estimate of drug-likeness (QED) is 0.835. The molecule has 2 aromatic rings. The smallest absolute Gasteiger partial charge is 0.123 e. The van der Waals surface area contributed by atoms with Crippen LogP contribution in [0.3, 0.4) is 0 Å². The Labute approximate surface area is 129 Å². The van der Waals surface area contributed by atoms with Crippen molar-refractivity contribution in [3.63, 3.8) is 0 Å². The van der Waals surface area contributed by atoms with Gasteiger partial charge >= 0.3 is 0 Å². The van der Waals surface area contributed by atoms with Crippen LogP contribution < -0.4 is 10.1 Å². The Morgan fingerprint density at radius 1 is 1.24 bits per heavy atom. The summed E-state index contributed by atoms with van der Waals surface area (Å²) in [6.45, 7) is 2.36. The Morgan fingerprint density at radius 2 is 1.95 bits per heavy atom. The van der Waals surface area contributed by atoms with Gasteiger partial charge in [0.15, 0.2) is 0 Å². The standard InChI is InChI=1S/C17H17ClFNO/c1-12(18)9-14-10-15(19)4-3-13(14)11-20-16-5-7-17(21-2)8-6-16/h3-10,20H,11H2,1-2H3/b12-9-. The number of hydrogen-bond acceptors (Lipinski definition) is 2. The number of benzene rings is 2. The van der Waals surface area contributed by atoms with Crippen LogP contribution in [0.2, 0.25) is 0 Å². The molecule has 0 aliphatic heterocycles. The molecule has 21 heavy (non-hydrogen) atoms. The summed E-state index contributed by atoms with van der Waals surface area (Å²) in [4.78, 5) is 0. The normalized spacial score (nSPS) is 11.3. The van der Waals surface area contributed by atoms with E-state index in [2.05, 4.69) is 5.32 Å². The minimum absolute atomic E-state index is 0.271. The molecule has 0 bridgehead atoms. The Bertz CT molecular complexity index is 634. The molecule has 0 radical (unpaired) electrons. The lowest BCUT2D eigenvalue weighted by molar-refractivity contribution is 0.415. The van der Waals surface area contributed by atoms with Gasteiger partial charge in [-0.3, -0.25) is 0 Å². The second kappa shape index (κ2) is 7.14. The third-order valence-electron chi connectivity index (χ3n) is 3.04. The van der Waals surface area contributed by atoms with Crippen LogP contribution in [0.15, 0.2) is 47.5 Å². The van der Waals surface area contributed by atoms with E-state index in [1.807, 2.05) is 24.3 Å². The Morgan fingerprint density at radius 3 is 2.57 bits per heavy atom. The molecule has 0 aliphatic carbocycles. The van der Waals surface area contributed by atoms with E-state index in [0.29, 0.717) is 11.6 Å². The number of halogens is 2. The highest BCUT2D eigenvalue weighted by Gasteiger charge is 2.03. The van der Waals surface area contributed by atoms with Gasteiger partial charge in [-0.15, -0.1) is 0 Å². The fraction of sp³-hybridized carbons (Fsp3) is 0.176. The number of methoxy groups -OCH3 is 1. The summed E-state index contributed by atoms with van der Waals surface area (Å²) >= 11 is 5.89. The second-order valence-electron chi connectivity index (χ2n) is 4.66. The first kappa shape index (κ1) is 15.4. The van der Waals surface area contributed by atoms with Crippen molar-refractivity contribution in [2.24, 2.45) is 0 Å². The van der Waals surface area contributed by atoms with E-state index in [1.165, 1.54) is 12.1 Å². The lowest BCUT2D eigenvalue weighted by atomic mass is 10.1. The van der Waals surface area contributed by atoms with Crippen LogP contribution in [-0.4, -0.2) is 7.11 Å². The van der Waals surface area contributed by atoms with Crippen molar-refractivity contribution in [2.75, 3.05) is 12.4 Å². The maximum Gasteiger partial charge on any atom is 0.123 e. The lowest BCUT2D eigenvalue weighted by Gasteiger charge is -2.10. The molecule has 0 aliphatic rings. The van der Waals surface area contributed by atoms with Gasteiger partial charge in [0.2, 0.25) is 0 Å². The first-order valence-electron chi connectivity index (χ1n) is 6.58. The fourth-order valence-electron chi connectivity index (χ4n) is 1.98. The topological polar surface area (TPSA) is 21.3 Å². The van der Waals surface area contributed by atoms with E-state index in [4.69, 9.17) is 16.3 Å². The summed E-state index contributed by atoms with van der Waals surface area (Å²) in [6.07, 6.45) is 1.76. The van der Waals surface area contributed by atoms with Crippen LogP contribution in [-0.2, 0) is 6.54 Å². The van der Waals surface area contributed by atoms with Crippen LogP contribution in [0.5, 0.6) is 5.75 Å². The van der Waals surface area contributed by atoms with Gasteiger partial charge in [0.25, 0.3) is 0 Å². The van der Waals surface area contributed by atoms with Crippen molar-refractivity contribution in [3.8, 4) is 5.75 Å². The molecule has 0 saturated carbocycles. The number of rotatable bonds is 5. The SMILES string of the molecule is COc1ccc(NCc2ccc(F)cc2/C=C(/C)Cl)cc1. The van der Waals surface area contributed by atoms with E-state index < -0.39 is 0 Å². The predicted molar refractivity (Wildman–Crippen MR) is 86.2 cm³/mol. The van der Waals surface area contributed by atoms with Crippen molar-refractivity contribution < 1.29 is 9.13 Å². The van der Waals surface area contributed by atoms with Crippen molar-refractivity contribution in [2.45, 2.75) is 13.5 Å². The molecule has 0 amide bonds. The Hall–Kier alpha value is -2.00. The minimum atomic E-state index is -0.271. The van der Waals surface area contributed by atoms with Gasteiger partial charge in [-0.05, 0) is 60.5 Å². The Balaban J connectivity index is 2.13. The van der Waals surface area contributed by atoms with Crippen molar-refractivity contribution in [1.82, 2.24) is 0 Å². The highest BCUT2D eigenvalue weighted by molar-refractivity contribution is 6.31. The summed E-state index contributed by atoms with van der Waals surface area (Å²) < 4.78 is 18.5. The zero-order chi connectivity index (χ0) is 15.2. The first-order valence-corrected chi connectivity index (χ1v) is 6.96. The van der Waals surface area contributed by atoms with Crippen LogP contribution in [0.4, 0.5) is 10.1 Å². The third-order valence-corrected chi connectivity index (χ3v) is 3.14. The van der Waals surface area contributed by atoms with Crippen LogP contribution >= 0.6 is 11.6 Å². The lowest BCUT2D eigenvalue weighted by Crippen LogP contribution is -2.01. The van der Waals surface area contributed by atoms with E-state index in [9.17, 15) is 4.39 Å². The van der Waals surface area contributed by atoms with Crippen molar-refractivity contribution >= 4 is 23.4 Å². The van der Waals surface area contributed by atoms with Gasteiger partial charge < -0.3 is 10.1 Å². The molecule has 2 rings (SSSR count). The number of ether oxygens (including phenoxy) is 1. The average molecular weight is 306 g/mol. The Kier molecular flexibility index (Phi) is 5.23. The highest BCUT2D eigenvalue weighted by atomic mass is 35.5. The fourth-order valence-corrected chi connectivity index (χ4v) is 2.10. The number of nitrogens with one attached hydrogen (secondary N) is 1. The highest BCUT2D eigenvalue weighted by Crippen LogP contribution is 2.20. The molecule has 0 aromatic heterocycles. The van der Waals surface area contributed by atoms with Gasteiger partial charge in [-0.2, -0.15) is 0 Å². The van der Waals surface area contributed by atoms with Gasteiger partial charge in [0, 0.05) is 17.3 Å². The molecular formula is C17H17ClFNO. The van der Waals surface area contributed by atoms with Crippen molar-refractivity contribution in [1.29, 1.82) is 0 Å². The van der Waals surface area contributed by atoms with Crippen molar-refractivity contribution in [3.05, 3.63) is 64.4 Å². The zero-order valence-electron chi connectivity index (χ0n) is 12.0. The maximum atomic E-state index is 13.3. The van der Waals surface area contributed by atoms with E-state index >= 15 is 0 Å². The monoisotopic (exact) mass is 305 g/mol. The molecule has 0 unspecified atom stereocenters. The number of hydrogen-bond donors (Lipinski definition) is 1. The molecule has 2 nitrogen and oxygen atoms in total. The van der Waals surface area contributed by atoms with E-state index in [1.54, 1.807) is 26.2 Å². The molecule has 0 fully saturated rings. The molecule has 0 atom stereocenters. The van der Waals surface area contributed by atoms with Crippen LogP contribution in [0.1, 0.15) is 18.1 Å². The van der Waals surface area contributed by atoms with Crippen LogP contribution in [0, 0.1) is 5.82 Å². The molecular weight excluding hydrogens is 289 g/mol. The first-order chi connectivity index (χ1) is 10.1. The molecule has 0 spiro atoms. The second-order valence-corrected chi connectivity index (χ2v) is 5.25. The predicted octanol–water partition coefficient (Wildman–Crippen LogP) is 5.05. The third kappa shape index (κ3) is 4.50. The zero-order valence-corrected chi connectivity index (χ0v) is 12.7. The minimum Gasteiger partial charge on any atom is -0.497 e. The summed E-state index contributed by atoms with van der Waals surface area (Å²) in [5.74, 6) is 0.538. The molecule has 0 saturated heterocycles. The summed E-state index contributed by atoms with van der Waals surface area (Å²) in [7, 11) is 1.63. The molecule has 110 valence electrons.